The lowest BCUT2D eigenvalue weighted by molar-refractivity contribution is 0.0706. The van der Waals surface area contributed by atoms with Crippen molar-refractivity contribution in [2.75, 3.05) is 5.73 Å². The molecule has 0 aliphatic heterocycles. The monoisotopic (exact) mass is 373 g/mol. The highest BCUT2D eigenvalue weighted by atomic mass is 16.5. The van der Waals surface area contributed by atoms with Crippen molar-refractivity contribution >= 4 is 28.8 Å². The van der Waals surface area contributed by atoms with Gasteiger partial charge in [0.1, 0.15) is 5.82 Å². The Labute approximate surface area is 161 Å². The zero-order chi connectivity index (χ0) is 19.4. The minimum Gasteiger partial charge on any atom is -0.383 e. The van der Waals surface area contributed by atoms with E-state index in [0.29, 0.717) is 28.8 Å². The Balaban J connectivity index is 1.78. The van der Waals surface area contributed by atoms with E-state index in [2.05, 4.69) is 4.98 Å². The van der Waals surface area contributed by atoms with Gasteiger partial charge in [-0.1, -0.05) is 12.1 Å². The molecular formula is C21H19N5O2. The summed E-state index contributed by atoms with van der Waals surface area (Å²) >= 11 is 0. The molecule has 1 fully saturated rings. The summed E-state index contributed by atoms with van der Waals surface area (Å²) in [6.07, 6.45) is 6.35. The number of benzene rings is 1. The molecule has 2 aliphatic carbocycles. The smallest absolute Gasteiger partial charge is 0.274 e. The number of nitrogen functional groups attached to an aromatic ring is 1. The molecule has 0 saturated heterocycles. The van der Waals surface area contributed by atoms with Crippen molar-refractivity contribution in [3.8, 4) is 11.3 Å². The SMILES string of the molecule is N=Cc1c(N)ncc2nc(-c3ccc(C(=O)NO)cc3)c3c(c12)C1CCC3C1. The first-order chi connectivity index (χ1) is 13.6. The van der Waals surface area contributed by atoms with Gasteiger partial charge in [-0.05, 0) is 54.4 Å². The fraction of sp³-hybridized carbons (Fsp3) is 0.238. The molecule has 3 aromatic rings. The molecule has 2 aliphatic rings. The number of nitrogens with one attached hydrogen (secondary N) is 2. The lowest BCUT2D eigenvalue weighted by Gasteiger charge is -2.22. The number of hydroxylamine groups is 1. The molecule has 1 aromatic carbocycles. The van der Waals surface area contributed by atoms with Crippen LogP contribution in [0, 0.1) is 5.41 Å². The van der Waals surface area contributed by atoms with Gasteiger partial charge in [0.15, 0.2) is 0 Å². The third-order valence-corrected chi connectivity index (χ3v) is 6.09. The summed E-state index contributed by atoms with van der Waals surface area (Å²) < 4.78 is 0. The van der Waals surface area contributed by atoms with Crippen LogP contribution in [0.25, 0.3) is 22.2 Å². The summed E-state index contributed by atoms with van der Waals surface area (Å²) in [4.78, 5) is 20.8. The third-order valence-electron chi connectivity index (χ3n) is 6.09. The number of nitrogens with zero attached hydrogens (tertiary/aromatic N) is 2. The maximum Gasteiger partial charge on any atom is 0.274 e. The first-order valence-corrected chi connectivity index (χ1v) is 9.29. The second-order valence-corrected chi connectivity index (χ2v) is 7.47. The lowest BCUT2D eigenvalue weighted by atomic mass is 9.85. The van der Waals surface area contributed by atoms with Gasteiger partial charge in [0.05, 0.1) is 17.4 Å². The van der Waals surface area contributed by atoms with Gasteiger partial charge in [0, 0.05) is 28.3 Å². The number of hydrogen-bond acceptors (Lipinski definition) is 6. The van der Waals surface area contributed by atoms with Gasteiger partial charge in [-0.2, -0.15) is 0 Å². The Kier molecular flexibility index (Phi) is 3.67. The first kappa shape index (κ1) is 16.8. The van der Waals surface area contributed by atoms with E-state index in [1.165, 1.54) is 17.3 Å². The maximum absolute atomic E-state index is 11.6. The van der Waals surface area contributed by atoms with Crippen LogP contribution in [0.15, 0.2) is 30.5 Å². The van der Waals surface area contributed by atoms with Gasteiger partial charge in [0.2, 0.25) is 0 Å². The van der Waals surface area contributed by atoms with Crippen molar-refractivity contribution in [3.05, 3.63) is 52.7 Å². The number of hydrogen-bond donors (Lipinski definition) is 4. The number of amides is 1. The Morgan fingerprint density at radius 1 is 1.21 bits per heavy atom. The minimum absolute atomic E-state index is 0.362. The highest BCUT2D eigenvalue weighted by molar-refractivity contribution is 6.05. The van der Waals surface area contributed by atoms with Crippen molar-refractivity contribution in [2.24, 2.45) is 0 Å². The average Bonchev–Trinajstić information content (AvgIpc) is 3.35. The van der Waals surface area contributed by atoms with Crippen LogP contribution >= 0.6 is 0 Å². The summed E-state index contributed by atoms with van der Waals surface area (Å²) in [5, 5.41) is 17.6. The molecular weight excluding hydrogens is 354 g/mol. The quantitative estimate of drug-likeness (QED) is 0.318. The zero-order valence-corrected chi connectivity index (χ0v) is 15.1. The zero-order valence-electron chi connectivity index (χ0n) is 15.1. The highest BCUT2D eigenvalue weighted by Crippen LogP contribution is 2.57. The number of carbonyl (C=O) groups is 1. The average molecular weight is 373 g/mol. The Morgan fingerprint density at radius 2 is 1.93 bits per heavy atom. The number of fused-ring (bicyclic) bond motifs is 7. The van der Waals surface area contributed by atoms with Crippen LogP contribution in [0.2, 0.25) is 0 Å². The second kappa shape index (κ2) is 6.10. The summed E-state index contributed by atoms with van der Waals surface area (Å²) in [7, 11) is 0. The van der Waals surface area contributed by atoms with Crippen LogP contribution in [-0.4, -0.2) is 27.3 Å². The summed E-state index contributed by atoms with van der Waals surface area (Å²) in [6, 6.07) is 7.06. The van der Waals surface area contributed by atoms with E-state index in [4.69, 9.17) is 21.3 Å². The molecule has 2 unspecified atom stereocenters. The van der Waals surface area contributed by atoms with Gasteiger partial charge in [-0.15, -0.1) is 0 Å². The van der Waals surface area contributed by atoms with Crippen LogP contribution in [0.5, 0.6) is 0 Å². The molecule has 5 rings (SSSR count). The van der Waals surface area contributed by atoms with Gasteiger partial charge in [-0.3, -0.25) is 10.0 Å². The lowest BCUT2D eigenvalue weighted by Crippen LogP contribution is -2.18. The van der Waals surface area contributed by atoms with Gasteiger partial charge in [0.25, 0.3) is 5.91 Å². The van der Waals surface area contributed by atoms with Crippen molar-refractivity contribution in [2.45, 2.75) is 31.1 Å². The Hall–Kier alpha value is -3.32. The van der Waals surface area contributed by atoms with Crippen LogP contribution < -0.4 is 11.2 Å². The number of rotatable bonds is 3. The number of pyridine rings is 2. The molecule has 5 N–H and O–H groups in total. The molecule has 7 heteroatoms. The van der Waals surface area contributed by atoms with E-state index >= 15 is 0 Å². The van der Waals surface area contributed by atoms with E-state index in [1.807, 2.05) is 12.1 Å². The molecule has 1 amide bonds. The van der Waals surface area contributed by atoms with E-state index in [1.54, 1.807) is 23.8 Å². The number of anilines is 1. The first-order valence-electron chi connectivity index (χ1n) is 9.29. The van der Waals surface area contributed by atoms with E-state index in [-0.39, 0.29) is 0 Å². The second-order valence-electron chi connectivity index (χ2n) is 7.47. The molecule has 28 heavy (non-hydrogen) atoms. The fourth-order valence-corrected chi connectivity index (χ4v) is 4.89. The number of carbonyl (C=O) groups excluding carboxylic acids is 1. The molecule has 2 heterocycles. The van der Waals surface area contributed by atoms with Crippen LogP contribution in [0.4, 0.5) is 5.82 Å². The third kappa shape index (κ3) is 2.26. The van der Waals surface area contributed by atoms with Crippen molar-refractivity contribution in [1.29, 1.82) is 5.41 Å². The largest absolute Gasteiger partial charge is 0.383 e. The Bertz CT molecular complexity index is 1140. The molecule has 140 valence electrons. The molecule has 2 bridgehead atoms. The van der Waals surface area contributed by atoms with E-state index < -0.39 is 5.91 Å². The normalized spacial score (nSPS) is 19.6. The topological polar surface area (TPSA) is 125 Å². The van der Waals surface area contributed by atoms with Crippen LogP contribution in [0.3, 0.4) is 0 Å². The predicted molar refractivity (Wildman–Crippen MR) is 106 cm³/mol. The number of nitrogens with two attached hydrogens (primary N) is 1. The van der Waals surface area contributed by atoms with Crippen LogP contribution in [0.1, 0.15) is 58.1 Å². The van der Waals surface area contributed by atoms with E-state index in [9.17, 15) is 4.79 Å². The maximum atomic E-state index is 11.6. The van der Waals surface area contributed by atoms with Crippen LogP contribution in [-0.2, 0) is 0 Å². The standard InChI is InChI=1S/C21H19N5O2/c22-8-14-18-15(9-24-20(14)23)25-19(17-13-6-5-12(7-13)16(17)18)10-1-3-11(4-2-10)21(27)26-28/h1-4,8-9,12-13,22,28H,5-7H2,(H2,23,24)(H,26,27). The summed E-state index contributed by atoms with van der Waals surface area (Å²) in [6.45, 7) is 0. The van der Waals surface area contributed by atoms with Gasteiger partial charge >= 0.3 is 0 Å². The summed E-state index contributed by atoms with van der Waals surface area (Å²) in [5.74, 6) is 0.739. The Morgan fingerprint density at radius 3 is 2.61 bits per heavy atom. The highest BCUT2D eigenvalue weighted by Gasteiger charge is 2.41. The van der Waals surface area contributed by atoms with Crippen molar-refractivity contribution < 1.29 is 10.0 Å². The van der Waals surface area contributed by atoms with E-state index in [0.717, 1.165) is 41.4 Å². The molecule has 2 aromatic heterocycles. The molecule has 1 saturated carbocycles. The van der Waals surface area contributed by atoms with Gasteiger partial charge in [-0.25, -0.2) is 15.4 Å². The van der Waals surface area contributed by atoms with Crippen molar-refractivity contribution in [3.63, 3.8) is 0 Å². The molecule has 7 nitrogen and oxygen atoms in total. The molecule has 0 radical (unpaired) electrons. The van der Waals surface area contributed by atoms with Crippen molar-refractivity contribution in [1.82, 2.24) is 15.4 Å². The fourth-order valence-electron chi connectivity index (χ4n) is 4.89. The summed E-state index contributed by atoms with van der Waals surface area (Å²) in [5.41, 5.74) is 13.8. The minimum atomic E-state index is -0.544. The van der Waals surface area contributed by atoms with Gasteiger partial charge < -0.3 is 11.1 Å². The molecule has 2 atom stereocenters. The number of aromatic nitrogens is 2. The predicted octanol–water partition coefficient (Wildman–Crippen LogP) is 3.36. The molecule has 0 spiro atoms.